The van der Waals surface area contributed by atoms with Crippen LogP contribution in [0.1, 0.15) is 84.5 Å². The molecule has 198 valence electrons. The number of anilines is 2. The number of fused-ring (bicyclic) bond motifs is 5. The smallest absolute Gasteiger partial charge is 0.259 e. The number of nitrogens with two attached hydrogens (primary N) is 1. The van der Waals surface area contributed by atoms with E-state index in [0.717, 1.165) is 76.8 Å². The van der Waals surface area contributed by atoms with E-state index in [0.29, 0.717) is 33.6 Å². The highest BCUT2D eigenvalue weighted by Gasteiger charge is 2.58. The predicted molar refractivity (Wildman–Crippen MR) is 138 cm³/mol. The third-order valence-electron chi connectivity index (χ3n) is 10.4. The Labute approximate surface area is 214 Å². The monoisotopic (exact) mass is 497 g/mol. The van der Waals surface area contributed by atoms with Crippen LogP contribution in [0.5, 0.6) is 0 Å². The summed E-state index contributed by atoms with van der Waals surface area (Å²) in [6.07, 6.45) is 14.2. The molecule has 2 heterocycles. The Hall–Kier alpha value is -2.35. The zero-order chi connectivity index (χ0) is 25.7. The number of nitrogens with zero attached hydrogens (tertiary/aromatic N) is 3. The van der Waals surface area contributed by atoms with Gasteiger partial charge in [-0.15, -0.1) is 4.73 Å². The number of nitrogen functional groups attached to an aromatic ring is 1. The number of carbonyl (C=O) groups is 1. The molecule has 1 aromatic heterocycles. The molecule has 4 fully saturated rings. The summed E-state index contributed by atoms with van der Waals surface area (Å²) in [5, 5.41) is 26.7. The average Bonchev–Trinajstić information content (AvgIpc) is 3.18. The van der Waals surface area contributed by atoms with Gasteiger partial charge in [0, 0.05) is 31.0 Å². The number of hydrogen-bond donors (Lipinski definition) is 4. The fourth-order valence-electron chi connectivity index (χ4n) is 8.20. The van der Waals surface area contributed by atoms with E-state index in [-0.39, 0.29) is 23.0 Å². The minimum atomic E-state index is -0.226. The van der Waals surface area contributed by atoms with E-state index >= 15 is 0 Å². The molecule has 6 atom stereocenters. The van der Waals surface area contributed by atoms with E-state index in [2.05, 4.69) is 29.8 Å². The van der Waals surface area contributed by atoms with Crippen molar-refractivity contribution in [2.45, 2.75) is 90.6 Å². The Morgan fingerprint density at radius 2 is 1.78 bits per heavy atom. The van der Waals surface area contributed by atoms with Crippen LogP contribution in [-0.4, -0.2) is 45.0 Å². The Kier molecular flexibility index (Phi) is 6.68. The Morgan fingerprint density at radius 1 is 1.08 bits per heavy atom. The van der Waals surface area contributed by atoms with Gasteiger partial charge < -0.3 is 20.9 Å². The van der Waals surface area contributed by atoms with Gasteiger partial charge >= 0.3 is 0 Å². The summed E-state index contributed by atoms with van der Waals surface area (Å²) >= 11 is 0. The van der Waals surface area contributed by atoms with Crippen LogP contribution in [0, 0.1) is 34.0 Å². The number of carbonyl (C=O) groups excluding carboxylic acids is 1. The minimum Gasteiger partial charge on any atom is -0.423 e. The maximum atomic E-state index is 12.4. The first-order valence-corrected chi connectivity index (χ1v) is 13.9. The van der Waals surface area contributed by atoms with Crippen molar-refractivity contribution in [2.24, 2.45) is 28.6 Å². The number of piperidine rings is 1. The molecule has 1 aromatic rings. The second-order valence-electron chi connectivity index (χ2n) is 12.3. The molecule has 8 nitrogen and oxygen atoms in total. The first-order chi connectivity index (χ1) is 17.1. The molecule has 1 aliphatic heterocycles. The zero-order valence-corrected chi connectivity index (χ0v) is 21.9. The zero-order valence-electron chi connectivity index (χ0n) is 21.9. The van der Waals surface area contributed by atoms with Gasteiger partial charge in [-0.05, 0) is 87.4 Å². The predicted octanol–water partition coefficient (Wildman–Crippen LogP) is 4.05. The lowest BCUT2D eigenvalue weighted by atomic mass is 9.48. The maximum Gasteiger partial charge on any atom is 0.259 e. The average molecular weight is 498 g/mol. The van der Waals surface area contributed by atoms with Crippen molar-refractivity contribution in [1.29, 1.82) is 5.41 Å². The molecule has 5 aliphatic rings. The van der Waals surface area contributed by atoms with Crippen molar-refractivity contribution in [3.8, 4) is 0 Å². The first kappa shape index (κ1) is 25.3. The molecular weight excluding hydrogens is 454 g/mol. The number of hydrogen-bond acceptors (Lipinski definition) is 7. The van der Waals surface area contributed by atoms with Crippen LogP contribution in [0.15, 0.2) is 17.7 Å². The summed E-state index contributed by atoms with van der Waals surface area (Å²) in [6.45, 7) is 6.58. The van der Waals surface area contributed by atoms with Gasteiger partial charge in [0.1, 0.15) is 17.4 Å². The standard InChI is InChI=1S/C19H28O2.C9H15N5O/c1-18-9-7-13(20)11-12(18)3-4-14-15-5-6-17(21)19(15,2)10-8-16(14)18;10-7-6-8(12-9(11)14(7)15)13-4-2-1-3-5-13/h3,13-16,20H,4-11H2,1-2H3;6,11,15H,1-5,10H2/t13-,14-,15-,16-,18-,19-;/m0./s1. The normalized spacial score (nSPS) is 37.7. The molecule has 8 heteroatoms. The summed E-state index contributed by atoms with van der Waals surface area (Å²) in [5.74, 6) is 3.43. The third-order valence-corrected chi connectivity index (χ3v) is 10.4. The van der Waals surface area contributed by atoms with E-state index in [1.54, 1.807) is 6.07 Å². The molecular formula is C28H43N5O3. The number of ketones is 1. The number of rotatable bonds is 1. The van der Waals surface area contributed by atoms with E-state index in [1.807, 2.05) is 0 Å². The summed E-state index contributed by atoms with van der Waals surface area (Å²) in [7, 11) is 0. The number of aliphatic hydroxyl groups excluding tert-OH is 1. The molecule has 4 aliphatic carbocycles. The van der Waals surface area contributed by atoms with Crippen LogP contribution < -0.4 is 16.3 Å². The molecule has 0 unspecified atom stereocenters. The van der Waals surface area contributed by atoms with Crippen molar-refractivity contribution in [1.82, 2.24) is 9.71 Å². The highest BCUT2D eigenvalue weighted by molar-refractivity contribution is 5.87. The molecule has 0 spiro atoms. The lowest BCUT2D eigenvalue weighted by Crippen LogP contribution is -2.50. The topological polar surface area (TPSA) is 128 Å². The molecule has 0 amide bonds. The second kappa shape index (κ2) is 9.51. The van der Waals surface area contributed by atoms with E-state index < -0.39 is 0 Å². The van der Waals surface area contributed by atoms with Gasteiger partial charge in [-0.3, -0.25) is 10.2 Å². The van der Waals surface area contributed by atoms with Crippen LogP contribution in [-0.2, 0) is 4.79 Å². The van der Waals surface area contributed by atoms with Crippen LogP contribution in [0.3, 0.4) is 0 Å². The summed E-state index contributed by atoms with van der Waals surface area (Å²) in [4.78, 5) is 18.4. The van der Waals surface area contributed by atoms with E-state index in [1.165, 1.54) is 18.4 Å². The molecule has 1 saturated heterocycles. The van der Waals surface area contributed by atoms with Gasteiger partial charge in [-0.1, -0.05) is 25.5 Å². The quantitative estimate of drug-likeness (QED) is 0.342. The summed E-state index contributed by atoms with van der Waals surface area (Å²) in [5.41, 5.74) is 7.14. The lowest BCUT2D eigenvalue weighted by Gasteiger charge is -2.56. The number of Topliss-reactive ketones (excluding diaryl/α,β-unsaturated/α-hetero) is 1. The molecule has 3 saturated carbocycles. The Bertz CT molecular complexity index is 1090. The van der Waals surface area contributed by atoms with Crippen molar-refractivity contribution >= 4 is 17.4 Å². The lowest BCUT2D eigenvalue weighted by molar-refractivity contribution is -0.132. The number of nitrogens with one attached hydrogen (secondary N) is 1. The van der Waals surface area contributed by atoms with Crippen LogP contribution in [0.4, 0.5) is 11.6 Å². The van der Waals surface area contributed by atoms with Gasteiger partial charge in [0.15, 0.2) is 0 Å². The Balaban J connectivity index is 0.000000157. The molecule has 36 heavy (non-hydrogen) atoms. The SMILES string of the molecule is C[C@]12CC[C@H](O)CC1=CC[C@@H]1[C@@H]2CC[C@]2(C)C(=O)CC[C@@H]12.N=c1nc(N2CCCCC2)cc(N)n1O. The highest BCUT2D eigenvalue weighted by Crippen LogP contribution is 2.63. The number of allylic oxidation sites excluding steroid dienone is 1. The van der Waals surface area contributed by atoms with Crippen LogP contribution in [0.25, 0.3) is 0 Å². The van der Waals surface area contributed by atoms with Gasteiger partial charge in [0.05, 0.1) is 6.10 Å². The van der Waals surface area contributed by atoms with Crippen molar-refractivity contribution in [3.63, 3.8) is 0 Å². The Morgan fingerprint density at radius 3 is 2.50 bits per heavy atom. The fourth-order valence-corrected chi connectivity index (χ4v) is 8.20. The van der Waals surface area contributed by atoms with Gasteiger partial charge in [0.2, 0.25) is 0 Å². The maximum absolute atomic E-state index is 12.4. The van der Waals surface area contributed by atoms with E-state index in [4.69, 9.17) is 11.1 Å². The highest BCUT2D eigenvalue weighted by atomic mass is 16.5. The minimum absolute atomic E-state index is 0.0168. The third kappa shape index (κ3) is 4.25. The summed E-state index contributed by atoms with van der Waals surface area (Å²) < 4.78 is 0.577. The van der Waals surface area contributed by atoms with Crippen molar-refractivity contribution < 1.29 is 15.1 Å². The first-order valence-electron chi connectivity index (χ1n) is 13.9. The van der Waals surface area contributed by atoms with Gasteiger partial charge in [0.25, 0.3) is 5.62 Å². The van der Waals surface area contributed by atoms with Crippen molar-refractivity contribution in [2.75, 3.05) is 23.7 Å². The van der Waals surface area contributed by atoms with Crippen molar-refractivity contribution in [3.05, 3.63) is 23.3 Å². The largest absolute Gasteiger partial charge is 0.423 e. The van der Waals surface area contributed by atoms with Gasteiger partial charge in [-0.2, -0.15) is 4.98 Å². The molecule has 6 rings (SSSR count). The molecule has 0 aromatic carbocycles. The van der Waals surface area contributed by atoms with Crippen LogP contribution >= 0.6 is 0 Å². The molecule has 0 radical (unpaired) electrons. The second-order valence-corrected chi connectivity index (χ2v) is 12.3. The molecule has 5 N–H and O–H groups in total. The summed E-state index contributed by atoms with van der Waals surface area (Å²) in [6, 6.07) is 1.60. The van der Waals surface area contributed by atoms with E-state index in [9.17, 15) is 15.1 Å². The number of aliphatic hydroxyl groups is 1. The fraction of sp³-hybridized carbons (Fsp3) is 0.750. The molecule has 0 bridgehead atoms. The number of aromatic nitrogens is 2. The van der Waals surface area contributed by atoms with Crippen LogP contribution in [0.2, 0.25) is 0 Å². The van der Waals surface area contributed by atoms with Gasteiger partial charge in [-0.25, -0.2) is 0 Å².